The summed E-state index contributed by atoms with van der Waals surface area (Å²) >= 11 is 5.83. The second-order valence-electron chi connectivity index (χ2n) is 6.12. The molecule has 160 valence electrons. The van der Waals surface area contributed by atoms with Gasteiger partial charge in [0.1, 0.15) is 6.10 Å². The van der Waals surface area contributed by atoms with E-state index >= 15 is 0 Å². The van der Waals surface area contributed by atoms with Crippen molar-refractivity contribution >= 4 is 23.5 Å². The Bertz CT molecular complexity index is 855. The average Bonchev–Trinajstić information content (AvgIpc) is 2.75. The van der Waals surface area contributed by atoms with Gasteiger partial charge in [-0.05, 0) is 17.7 Å². The van der Waals surface area contributed by atoms with Crippen molar-refractivity contribution in [2.24, 2.45) is 0 Å². The summed E-state index contributed by atoms with van der Waals surface area (Å²) in [5, 5.41) is 18.9. The normalized spacial score (nSPS) is 16.9. The van der Waals surface area contributed by atoms with Crippen LogP contribution in [0.3, 0.4) is 0 Å². The second kappa shape index (κ2) is 11.9. The molecule has 2 aromatic rings. The Kier molecular flexibility index (Phi) is 9.27. The lowest BCUT2D eigenvalue weighted by Gasteiger charge is -2.31. The fourth-order valence-corrected chi connectivity index (χ4v) is 2.80. The average molecular weight is 438 g/mol. The zero-order chi connectivity index (χ0) is 21.9. The molecule has 7 nitrogen and oxygen atoms in total. The van der Waals surface area contributed by atoms with Crippen LogP contribution < -0.4 is 10.1 Å². The standard InChI is InChI=1S/C17H17ClFNO2.C4H4O4/c18-13-7-4-8-14(16(13)19)22-17(12-5-2-1-3-6-12)15-11-20-9-10-21-15;5-3(6)1-2-4(7)8/h1-8,15,17,20H,9-11H2;1-2H,(H,5,6)(H,7,8)/t15-,17-;/m0./s1. The second-order valence-corrected chi connectivity index (χ2v) is 6.53. The third kappa shape index (κ3) is 7.47. The van der Waals surface area contributed by atoms with Crippen LogP contribution in [0.4, 0.5) is 4.39 Å². The fraction of sp³-hybridized carbons (Fsp3) is 0.238. The Morgan fingerprint density at radius 3 is 2.37 bits per heavy atom. The minimum Gasteiger partial charge on any atom is -0.480 e. The van der Waals surface area contributed by atoms with Gasteiger partial charge in [0.15, 0.2) is 17.7 Å². The zero-order valence-electron chi connectivity index (χ0n) is 15.8. The maximum absolute atomic E-state index is 14.1. The van der Waals surface area contributed by atoms with Gasteiger partial charge < -0.3 is 25.0 Å². The van der Waals surface area contributed by atoms with Crippen molar-refractivity contribution in [2.45, 2.75) is 12.2 Å². The van der Waals surface area contributed by atoms with Crippen LogP contribution in [-0.2, 0) is 14.3 Å². The van der Waals surface area contributed by atoms with Gasteiger partial charge in [-0.3, -0.25) is 0 Å². The van der Waals surface area contributed by atoms with Crippen LogP contribution in [0, 0.1) is 5.82 Å². The zero-order valence-corrected chi connectivity index (χ0v) is 16.6. The summed E-state index contributed by atoms with van der Waals surface area (Å²) in [6, 6.07) is 14.4. The third-order valence-electron chi connectivity index (χ3n) is 3.96. The molecule has 0 saturated carbocycles. The van der Waals surface area contributed by atoms with Crippen molar-refractivity contribution in [1.82, 2.24) is 5.32 Å². The molecule has 3 rings (SSSR count). The molecule has 0 bridgehead atoms. The van der Waals surface area contributed by atoms with Crippen LogP contribution in [-0.4, -0.2) is 48.0 Å². The number of hydrogen-bond donors (Lipinski definition) is 3. The van der Waals surface area contributed by atoms with Gasteiger partial charge >= 0.3 is 11.9 Å². The summed E-state index contributed by atoms with van der Waals surface area (Å²) in [5.41, 5.74) is 0.940. The number of halogens is 2. The Morgan fingerprint density at radius 2 is 1.80 bits per heavy atom. The Labute approximate surface area is 177 Å². The van der Waals surface area contributed by atoms with Crippen molar-refractivity contribution in [2.75, 3.05) is 19.7 Å². The lowest BCUT2D eigenvalue weighted by molar-refractivity contribution is -0.134. The van der Waals surface area contributed by atoms with Gasteiger partial charge in [-0.1, -0.05) is 48.0 Å². The van der Waals surface area contributed by atoms with E-state index in [0.29, 0.717) is 25.3 Å². The number of carboxylic acids is 2. The molecule has 0 unspecified atom stereocenters. The molecule has 1 aliphatic heterocycles. The van der Waals surface area contributed by atoms with Crippen molar-refractivity contribution in [3.8, 4) is 5.75 Å². The number of rotatable bonds is 6. The molecule has 0 amide bonds. The molecule has 2 aromatic carbocycles. The molecular weight excluding hydrogens is 417 g/mol. The summed E-state index contributed by atoms with van der Waals surface area (Å²) < 4.78 is 25.9. The Balaban J connectivity index is 0.000000343. The highest BCUT2D eigenvalue weighted by Gasteiger charge is 2.28. The van der Waals surface area contributed by atoms with Crippen LogP contribution in [0.5, 0.6) is 5.75 Å². The lowest BCUT2D eigenvalue weighted by Crippen LogP contribution is -2.43. The van der Waals surface area contributed by atoms with E-state index in [2.05, 4.69) is 5.32 Å². The van der Waals surface area contributed by atoms with Gasteiger partial charge in [0.05, 0.1) is 11.6 Å². The van der Waals surface area contributed by atoms with Gasteiger partial charge in [-0.15, -0.1) is 0 Å². The SMILES string of the molecule is Fc1c(Cl)cccc1O[C@@H](c1ccccc1)[C@@H]1CNCCO1.O=C(O)C=CC(=O)O. The number of morpholine rings is 1. The van der Waals surface area contributed by atoms with Gasteiger partial charge in [-0.25, -0.2) is 14.0 Å². The molecule has 9 heteroatoms. The van der Waals surface area contributed by atoms with Crippen LogP contribution >= 0.6 is 11.6 Å². The number of hydrogen-bond acceptors (Lipinski definition) is 5. The molecular formula is C21H21ClFNO6. The van der Waals surface area contributed by atoms with E-state index in [1.54, 1.807) is 12.1 Å². The largest absolute Gasteiger partial charge is 0.480 e. The highest BCUT2D eigenvalue weighted by molar-refractivity contribution is 6.30. The summed E-state index contributed by atoms with van der Waals surface area (Å²) in [4.78, 5) is 19.1. The minimum atomic E-state index is -1.26. The van der Waals surface area contributed by atoms with Gasteiger partial charge in [0, 0.05) is 25.2 Å². The van der Waals surface area contributed by atoms with E-state index in [1.165, 1.54) is 6.07 Å². The number of carboxylic acid groups (broad SMARTS) is 2. The molecule has 3 N–H and O–H groups in total. The van der Waals surface area contributed by atoms with E-state index < -0.39 is 23.9 Å². The summed E-state index contributed by atoms with van der Waals surface area (Å²) in [6.45, 7) is 2.07. The molecule has 0 radical (unpaired) electrons. The number of ether oxygens (including phenoxy) is 2. The predicted octanol–water partition coefficient (Wildman–Crippen LogP) is 3.30. The fourth-order valence-electron chi connectivity index (χ4n) is 2.64. The molecule has 0 spiro atoms. The van der Waals surface area contributed by atoms with Crippen molar-refractivity contribution in [3.05, 3.63) is 77.1 Å². The topological polar surface area (TPSA) is 105 Å². The quantitative estimate of drug-likeness (QED) is 0.595. The highest BCUT2D eigenvalue weighted by atomic mass is 35.5. The molecule has 1 aliphatic rings. The smallest absolute Gasteiger partial charge is 0.328 e. The molecule has 0 aromatic heterocycles. The van der Waals surface area contributed by atoms with E-state index in [0.717, 1.165) is 12.1 Å². The maximum Gasteiger partial charge on any atom is 0.328 e. The first kappa shape index (κ1) is 23.3. The van der Waals surface area contributed by atoms with Crippen LogP contribution in [0.15, 0.2) is 60.7 Å². The summed E-state index contributed by atoms with van der Waals surface area (Å²) in [7, 11) is 0. The van der Waals surface area contributed by atoms with Gasteiger partial charge in [0.25, 0.3) is 0 Å². The molecule has 30 heavy (non-hydrogen) atoms. The van der Waals surface area contributed by atoms with Crippen molar-refractivity contribution in [3.63, 3.8) is 0 Å². The third-order valence-corrected chi connectivity index (χ3v) is 4.25. The van der Waals surface area contributed by atoms with E-state index in [9.17, 15) is 14.0 Å². The Morgan fingerprint density at radius 1 is 1.13 bits per heavy atom. The Hall–Kier alpha value is -2.94. The van der Waals surface area contributed by atoms with Gasteiger partial charge in [0.2, 0.25) is 0 Å². The van der Waals surface area contributed by atoms with E-state index in [-0.39, 0.29) is 16.9 Å². The molecule has 1 heterocycles. The first-order valence-electron chi connectivity index (χ1n) is 9.00. The van der Waals surface area contributed by atoms with E-state index in [4.69, 9.17) is 31.3 Å². The summed E-state index contributed by atoms with van der Waals surface area (Å²) in [6.07, 6.45) is 0.529. The molecule has 1 saturated heterocycles. The number of carbonyl (C=O) groups is 2. The van der Waals surface area contributed by atoms with Crippen LogP contribution in [0.2, 0.25) is 5.02 Å². The van der Waals surface area contributed by atoms with Crippen LogP contribution in [0.25, 0.3) is 0 Å². The number of benzene rings is 2. The number of aliphatic carboxylic acids is 2. The van der Waals surface area contributed by atoms with Crippen molar-refractivity contribution in [1.29, 1.82) is 0 Å². The maximum atomic E-state index is 14.1. The highest BCUT2D eigenvalue weighted by Crippen LogP contribution is 2.31. The number of nitrogens with one attached hydrogen (secondary N) is 1. The van der Waals surface area contributed by atoms with E-state index in [1.807, 2.05) is 30.3 Å². The lowest BCUT2D eigenvalue weighted by atomic mass is 10.0. The molecule has 1 fully saturated rings. The molecule has 2 atom stereocenters. The molecule has 0 aliphatic carbocycles. The monoisotopic (exact) mass is 437 g/mol. The van der Waals surface area contributed by atoms with Crippen molar-refractivity contribution < 1.29 is 33.7 Å². The summed E-state index contributed by atoms with van der Waals surface area (Å²) in [5.74, 6) is -2.93. The minimum absolute atomic E-state index is 0.0481. The van der Waals surface area contributed by atoms with Gasteiger partial charge in [-0.2, -0.15) is 0 Å². The van der Waals surface area contributed by atoms with Crippen LogP contribution in [0.1, 0.15) is 11.7 Å². The predicted molar refractivity (Wildman–Crippen MR) is 108 cm³/mol. The first-order valence-corrected chi connectivity index (χ1v) is 9.38. The first-order chi connectivity index (χ1) is 14.4.